The van der Waals surface area contributed by atoms with E-state index in [1.807, 2.05) is 41.5 Å². The second-order valence-corrected chi connectivity index (χ2v) is 10.5. The average molecular weight is 391 g/mol. The highest BCUT2D eigenvalue weighted by Gasteiger charge is 2.40. The number of carbonyl (C=O) groups is 3. The Hall–Kier alpha value is -0.690. The zero-order valence-corrected chi connectivity index (χ0v) is 18.4. The van der Waals surface area contributed by atoms with Crippen molar-refractivity contribution in [3.8, 4) is 0 Å². The third kappa shape index (κ3) is 10.1. The van der Waals surface area contributed by atoms with Crippen LogP contribution in [0.5, 0.6) is 0 Å². The fourth-order valence-corrected chi connectivity index (χ4v) is 3.90. The van der Waals surface area contributed by atoms with Gasteiger partial charge in [-0.3, -0.25) is 19.3 Å². The van der Waals surface area contributed by atoms with Gasteiger partial charge in [-0.25, -0.2) is 0 Å². The molecule has 5 nitrogen and oxygen atoms in total. The van der Waals surface area contributed by atoms with Crippen molar-refractivity contribution >= 4 is 41.2 Å². The molecule has 1 rings (SSSR count). The molecule has 0 saturated carbocycles. The Kier molecular flexibility index (Phi) is 11.5. The lowest BCUT2D eigenvalue weighted by Crippen LogP contribution is -2.37. The number of likely N-dealkylation sites (tertiary alicyclic amines) is 1. The summed E-state index contributed by atoms with van der Waals surface area (Å²) < 4.78 is 0. The van der Waals surface area contributed by atoms with Crippen LogP contribution in [0.25, 0.3) is 0 Å². The van der Waals surface area contributed by atoms with E-state index in [9.17, 15) is 14.4 Å². The van der Waals surface area contributed by atoms with Crippen LogP contribution in [0.4, 0.5) is 0 Å². The summed E-state index contributed by atoms with van der Waals surface area (Å²) in [6, 6.07) is 0.253. The Morgan fingerprint density at radius 1 is 1.08 bits per heavy atom. The predicted molar refractivity (Wildman–Crippen MR) is 109 cm³/mol. The smallest absolute Gasteiger partial charge is 0.243 e. The highest BCUT2D eigenvalue weighted by atomic mass is 32.2. The van der Waals surface area contributed by atoms with E-state index >= 15 is 0 Å². The number of hydrogen-bond acceptors (Lipinski definition) is 5. The molecule has 1 fully saturated rings. The first-order valence-corrected chi connectivity index (χ1v) is 10.9. The van der Waals surface area contributed by atoms with Crippen LogP contribution < -0.4 is 5.32 Å². The topological polar surface area (TPSA) is 66.5 Å². The van der Waals surface area contributed by atoms with E-state index in [1.54, 1.807) is 23.5 Å². The van der Waals surface area contributed by atoms with Gasteiger partial charge in [0.1, 0.15) is 0 Å². The first kappa shape index (κ1) is 24.3. The Labute approximate surface area is 161 Å². The van der Waals surface area contributed by atoms with Crippen molar-refractivity contribution in [1.29, 1.82) is 0 Å². The maximum absolute atomic E-state index is 11.8. The van der Waals surface area contributed by atoms with E-state index < -0.39 is 0 Å². The summed E-state index contributed by atoms with van der Waals surface area (Å²) in [5.74, 6) is 0.682. The largest absolute Gasteiger partial charge is 0.353 e. The summed E-state index contributed by atoms with van der Waals surface area (Å²) in [5, 5.41) is 3.62. The van der Waals surface area contributed by atoms with Crippen LogP contribution in [0.3, 0.4) is 0 Å². The second kappa shape index (κ2) is 11.8. The monoisotopic (exact) mass is 390 g/mol. The van der Waals surface area contributed by atoms with E-state index in [2.05, 4.69) is 19.2 Å². The van der Waals surface area contributed by atoms with Gasteiger partial charge in [0.25, 0.3) is 0 Å². The molecule has 1 heterocycles. The molecule has 146 valence electrons. The van der Waals surface area contributed by atoms with Gasteiger partial charge in [-0.05, 0) is 38.2 Å². The van der Waals surface area contributed by atoms with Crippen LogP contribution in [0, 0.1) is 0 Å². The zero-order chi connectivity index (χ0) is 19.7. The number of amides is 3. The molecular weight excluding hydrogens is 356 g/mol. The van der Waals surface area contributed by atoms with Crippen LogP contribution >= 0.6 is 23.5 Å². The predicted octanol–water partition coefficient (Wildman–Crippen LogP) is 3.32. The SMILES string of the molecule is CC(C)NC(=O)CSC(C)C.CC(C)SC1CC(=O)N(C(C)C)C1=O. The van der Waals surface area contributed by atoms with Crippen molar-refractivity contribution in [1.82, 2.24) is 10.2 Å². The van der Waals surface area contributed by atoms with E-state index in [0.29, 0.717) is 22.7 Å². The Bertz CT molecular complexity index is 452. The lowest BCUT2D eigenvalue weighted by molar-refractivity contribution is -0.140. The summed E-state index contributed by atoms with van der Waals surface area (Å²) in [7, 11) is 0. The number of thioether (sulfide) groups is 2. The van der Waals surface area contributed by atoms with Crippen molar-refractivity contribution in [2.45, 2.75) is 89.6 Å². The summed E-state index contributed by atoms with van der Waals surface area (Å²) in [6.45, 7) is 16.0. The maximum Gasteiger partial charge on any atom is 0.243 e. The van der Waals surface area contributed by atoms with Gasteiger partial charge in [0.15, 0.2) is 0 Å². The third-order valence-electron chi connectivity index (χ3n) is 3.09. The molecule has 1 unspecified atom stereocenters. The first-order valence-electron chi connectivity index (χ1n) is 8.88. The highest BCUT2D eigenvalue weighted by Crippen LogP contribution is 2.29. The summed E-state index contributed by atoms with van der Waals surface area (Å²) in [5.41, 5.74) is 0. The minimum absolute atomic E-state index is 0.00670. The molecule has 0 aromatic carbocycles. The summed E-state index contributed by atoms with van der Waals surface area (Å²) in [6.07, 6.45) is 0.375. The highest BCUT2D eigenvalue weighted by molar-refractivity contribution is 8.01. The number of nitrogens with one attached hydrogen (secondary N) is 1. The molecule has 25 heavy (non-hydrogen) atoms. The van der Waals surface area contributed by atoms with Crippen molar-refractivity contribution in [3.63, 3.8) is 0 Å². The number of carbonyl (C=O) groups excluding carboxylic acids is 3. The standard InChI is InChI=1S/C10H17NO2S.C8H17NOS/c1-6(2)11-9(12)5-8(10(11)13)14-7(3)4;1-6(2)9-8(10)5-11-7(3)4/h6-8H,5H2,1-4H3;6-7H,5H2,1-4H3,(H,9,10). The van der Waals surface area contributed by atoms with E-state index in [1.165, 1.54) is 4.90 Å². The molecule has 0 aliphatic carbocycles. The maximum atomic E-state index is 11.8. The Morgan fingerprint density at radius 2 is 1.64 bits per heavy atom. The average Bonchev–Trinajstić information content (AvgIpc) is 2.70. The Morgan fingerprint density at radius 3 is 2.00 bits per heavy atom. The van der Waals surface area contributed by atoms with Crippen molar-refractivity contribution in [2.24, 2.45) is 0 Å². The van der Waals surface area contributed by atoms with Crippen LogP contribution in [-0.2, 0) is 14.4 Å². The molecule has 1 N–H and O–H groups in total. The van der Waals surface area contributed by atoms with Gasteiger partial charge in [0.05, 0.1) is 11.0 Å². The van der Waals surface area contributed by atoms with Crippen LogP contribution in [-0.4, -0.2) is 56.2 Å². The molecule has 0 bridgehead atoms. The minimum Gasteiger partial charge on any atom is -0.353 e. The van der Waals surface area contributed by atoms with Gasteiger partial charge in [0.2, 0.25) is 17.7 Å². The van der Waals surface area contributed by atoms with Gasteiger partial charge in [-0.15, -0.1) is 23.5 Å². The third-order valence-corrected chi connectivity index (χ3v) is 5.43. The normalized spacial score (nSPS) is 17.6. The van der Waals surface area contributed by atoms with Crippen molar-refractivity contribution < 1.29 is 14.4 Å². The van der Waals surface area contributed by atoms with Gasteiger partial charge >= 0.3 is 0 Å². The lowest BCUT2D eigenvalue weighted by atomic mass is 10.3. The summed E-state index contributed by atoms with van der Waals surface area (Å²) >= 11 is 3.25. The number of nitrogens with zero attached hydrogens (tertiary/aromatic N) is 1. The molecule has 1 aliphatic heterocycles. The molecular formula is C18H34N2O3S2. The fraction of sp³-hybridized carbons (Fsp3) is 0.833. The molecule has 3 amide bonds. The van der Waals surface area contributed by atoms with Gasteiger partial charge in [-0.1, -0.05) is 27.7 Å². The molecule has 0 radical (unpaired) electrons. The Balaban J connectivity index is 0.000000477. The molecule has 0 aromatic rings. The molecule has 1 atom stereocenters. The molecule has 0 aromatic heterocycles. The quantitative estimate of drug-likeness (QED) is 0.676. The van der Waals surface area contributed by atoms with Crippen LogP contribution in [0.2, 0.25) is 0 Å². The lowest BCUT2D eigenvalue weighted by Gasteiger charge is -2.19. The molecule has 1 saturated heterocycles. The first-order chi connectivity index (χ1) is 11.5. The summed E-state index contributed by atoms with van der Waals surface area (Å²) in [4.78, 5) is 35.7. The fourth-order valence-electron chi connectivity index (χ4n) is 2.21. The van der Waals surface area contributed by atoms with Crippen LogP contribution in [0.1, 0.15) is 61.8 Å². The molecule has 1 aliphatic rings. The van der Waals surface area contributed by atoms with Crippen molar-refractivity contribution in [3.05, 3.63) is 0 Å². The van der Waals surface area contributed by atoms with Crippen LogP contribution in [0.15, 0.2) is 0 Å². The molecule has 7 heteroatoms. The second-order valence-electron chi connectivity index (χ2n) is 7.16. The van der Waals surface area contributed by atoms with E-state index in [0.717, 1.165) is 0 Å². The van der Waals surface area contributed by atoms with Gasteiger partial charge in [0, 0.05) is 18.5 Å². The number of hydrogen-bond donors (Lipinski definition) is 1. The van der Waals surface area contributed by atoms with E-state index in [-0.39, 0.29) is 35.1 Å². The van der Waals surface area contributed by atoms with Gasteiger partial charge < -0.3 is 5.32 Å². The number of imide groups is 1. The number of rotatable bonds is 7. The minimum atomic E-state index is -0.148. The van der Waals surface area contributed by atoms with Crippen molar-refractivity contribution in [2.75, 3.05) is 5.75 Å². The van der Waals surface area contributed by atoms with Gasteiger partial charge in [-0.2, -0.15) is 0 Å². The molecule has 0 spiro atoms. The van der Waals surface area contributed by atoms with E-state index in [4.69, 9.17) is 0 Å². The zero-order valence-electron chi connectivity index (χ0n) is 16.8.